The van der Waals surface area contributed by atoms with Crippen LogP contribution in [0.5, 0.6) is 0 Å². The van der Waals surface area contributed by atoms with Crippen LogP contribution in [-0.4, -0.2) is 27.4 Å². The molecule has 0 aliphatic heterocycles. The van der Waals surface area contributed by atoms with Gasteiger partial charge in [-0.25, -0.2) is 0 Å². The van der Waals surface area contributed by atoms with Gasteiger partial charge in [-0.1, -0.05) is 31.2 Å². The third kappa shape index (κ3) is 4.11. The van der Waals surface area contributed by atoms with Crippen LogP contribution in [0, 0.1) is 0 Å². The van der Waals surface area contributed by atoms with Gasteiger partial charge >= 0.3 is 0 Å². The minimum Gasteiger partial charge on any atom is -0.382 e. The quantitative estimate of drug-likeness (QED) is 0.792. The van der Waals surface area contributed by atoms with Crippen LogP contribution in [-0.2, 0) is 9.47 Å². The van der Waals surface area contributed by atoms with E-state index in [4.69, 9.17) is 15.2 Å². The van der Waals surface area contributed by atoms with Crippen LogP contribution in [0.15, 0.2) is 24.3 Å². The summed E-state index contributed by atoms with van der Waals surface area (Å²) in [5.41, 5.74) is 8.05. The maximum Gasteiger partial charge on any atom is 0.105 e. The Morgan fingerprint density at radius 2 is 1.71 bits per heavy atom. The Morgan fingerprint density at radius 1 is 1.12 bits per heavy atom. The van der Waals surface area contributed by atoms with Crippen LogP contribution < -0.4 is 5.73 Å². The number of nitrogens with two attached hydrogens (primary N) is 1. The molecule has 0 saturated heterocycles. The zero-order chi connectivity index (χ0) is 12.7. The van der Waals surface area contributed by atoms with Gasteiger partial charge in [0, 0.05) is 14.2 Å². The first-order chi connectivity index (χ1) is 8.22. The van der Waals surface area contributed by atoms with Crippen molar-refractivity contribution in [1.82, 2.24) is 0 Å². The van der Waals surface area contributed by atoms with Crippen molar-refractivity contribution in [3.05, 3.63) is 35.4 Å². The van der Waals surface area contributed by atoms with E-state index in [0.717, 1.165) is 18.5 Å². The number of ether oxygens (including phenoxy) is 2. The van der Waals surface area contributed by atoms with E-state index in [9.17, 15) is 0 Å². The van der Waals surface area contributed by atoms with Gasteiger partial charge in [0.25, 0.3) is 0 Å². The Labute approximate surface area is 104 Å². The molecule has 0 amide bonds. The molecule has 2 atom stereocenters. The van der Waals surface area contributed by atoms with Gasteiger partial charge in [0.15, 0.2) is 0 Å². The van der Waals surface area contributed by atoms with Crippen LogP contribution in [0.4, 0.5) is 0 Å². The van der Waals surface area contributed by atoms with Gasteiger partial charge in [-0.2, -0.15) is 0 Å². The van der Waals surface area contributed by atoms with Gasteiger partial charge in [-0.05, 0) is 30.0 Å². The second-order valence-corrected chi connectivity index (χ2v) is 4.32. The third-order valence-electron chi connectivity index (χ3n) is 3.08. The Balaban J connectivity index is 2.72. The Morgan fingerprint density at radius 3 is 2.18 bits per heavy atom. The summed E-state index contributed by atoms with van der Waals surface area (Å²) in [5.74, 6) is 0.512. The summed E-state index contributed by atoms with van der Waals surface area (Å²) in [6.45, 7) is 3.51. The lowest BCUT2D eigenvalue weighted by Crippen LogP contribution is -2.09. The second-order valence-electron chi connectivity index (χ2n) is 4.32. The number of hydrogen-bond donors (Lipinski definition) is 1. The lowest BCUT2D eigenvalue weighted by Gasteiger charge is -2.16. The van der Waals surface area contributed by atoms with Crippen LogP contribution in [0.2, 0.25) is 0 Å². The average molecular weight is 237 g/mol. The van der Waals surface area contributed by atoms with E-state index in [1.54, 1.807) is 14.2 Å². The smallest absolute Gasteiger partial charge is 0.105 e. The molecule has 0 saturated carbocycles. The molecular weight excluding hydrogens is 214 g/mol. The van der Waals surface area contributed by atoms with Crippen molar-refractivity contribution in [2.75, 3.05) is 27.4 Å². The zero-order valence-electron chi connectivity index (χ0n) is 11.0. The minimum absolute atomic E-state index is 0.0128. The van der Waals surface area contributed by atoms with Crippen molar-refractivity contribution in [2.45, 2.75) is 25.4 Å². The van der Waals surface area contributed by atoms with E-state index in [2.05, 4.69) is 31.2 Å². The van der Waals surface area contributed by atoms with Gasteiger partial charge in [-0.15, -0.1) is 0 Å². The van der Waals surface area contributed by atoms with Crippen LogP contribution in [0.3, 0.4) is 0 Å². The molecule has 0 radical (unpaired) electrons. The molecule has 0 spiro atoms. The molecule has 0 aliphatic rings. The summed E-state index contributed by atoms with van der Waals surface area (Å²) in [6.07, 6.45) is 1.03. The standard InChI is InChI=1S/C14H23NO2/c1-11(8-9-15)12-4-6-13(7-5-12)14(17-3)10-16-2/h4-7,11,14H,8-10,15H2,1-3H3. The second kappa shape index (κ2) is 7.43. The largest absolute Gasteiger partial charge is 0.382 e. The molecule has 0 heterocycles. The molecule has 0 aromatic heterocycles. The van der Waals surface area contributed by atoms with Crippen molar-refractivity contribution in [3.8, 4) is 0 Å². The molecule has 96 valence electrons. The summed E-state index contributed by atoms with van der Waals surface area (Å²) < 4.78 is 10.5. The summed E-state index contributed by atoms with van der Waals surface area (Å²) in [7, 11) is 3.39. The van der Waals surface area contributed by atoms with Crippen molar-refractivity contribution in [1.29, 1.82) is 0 Å². The minimum atomic E-state index is 0.0128. The fourth-order valence-corrected chi connectivity index (χ4v) is 1.91. The Hall–Kier alpha value is -0.900. The molecule has 2 unspecified atom stereocenters. The molecule has 17 heavy (non-hydrogen) atoms. The van der Waals surface area contributed by atoms with E-state index in [0.29, 0.717) is 12.5 Å². The van der Waals surface area contributed by atoms with Gasteiger partial charge in [-0.3, -0.25) is 0 Å². The number of rotatable bonds is 7. The normalized spacial score (nSPS) is 14.6. The third-order valence-corrected chi connectivity index (χ3v) is 3.08. The van der Waals surface area contributed by atoms with E-state index in [1.165, 1.54) is 5.56 Å². The molecule has 3 heteroatoms. The molecule has 0 aliphatic carbocycles. The highest BCUT2D eigenvalue weighted by Gasteiger charge is 2.11. The molecule has 1 rings (SSSR count). The maximum absolute atomic E-state index is 5.57. The Kier molecular flexibility index (Phi) is 6.19. The lowest BCUT2D eigenvalue weighted by atomic mass is 9.96. The fraction of sp³-hybridized carbons (Fsp3) is 0.571. The Bertz CT molecular complexity index is 311. The summed E-state index contributed by atoms with van der Waals surface area (Å²) in [6, 6.07) is 8.51. The predicted octanol–water partition coefficient (Wildman–Crippen LogP) is 2.47. The number of benzene rings is 1. The van der Waals surface area contributed by atoms with Gasteiger partial charge in [0.2, 0.25) is 0 Å². The SMILES string of the molecule is COCC(OC)c1ccc(C(C)CCN)cc1. The van der Waals surface area contributed by atoms with Crippen LogP contribution in [0.1, 0.15) is 36.5 Å². The number of hydrogen-bond acceptors (Lipinski definition) is 3. The van der Waals surface area contributed by atoms with Crippen molar-refractivity contribution >= 4 is 0 Å². The first kappa shape index (κ1) is 14.2. The maximum atomic E-state index is 5.57. The van der Waals surface area contributed by atoms with Gasteiger partial charge in [0.05, 0.1) is 6.61 Å². The fourth-order valence-electron chi connectivity index (χ4n) is 1.91. The van der Waals surface area contributed by atoms with E-state index in [1.807, 2.05) is 0 Å². The monoisotopic (exact) mass is 237 g/mol. The first-order valence-electron chi connectivity index (χ1n) is 6.04. The molecule has 1 aromatic carbocycles. The summed E-state index contributed by atoms with van der Waals surface area (Å²) in [4.78, 5) is 0. The molecule has 3 nitrogen and oxygen atoms in total. The number of methoxy groups -OCH3 is 2. The molecule has 0 fully saturated rings. The topological polar surface area (TPSA) is 44.5 Å². The summed E-state index contributed by atoms with van der Waals surface area (Å²) in [5, 5.41) is 0. The highest BCUT2D eigenvalue weighted by Crippen LogP contribution is 2.22. The van der Waals surface area contributed by atoms with Gasteiger partial charge < -0.3 is 15.2 Å². The van der Waals surface area contributed by atoms with Crippen molar-refractivity contribution in [2.24, 2.45) is 5.73 Å². The highest BCUT2D eigenvalue weighted by molar-refractivity contribution is 5.26. The summed E-state index contributed by atoms with van der Waals surface area (Å²) >= 11 is 0. The van der Waals surface area contributed by atoms with Crippen molar-refractivity contribution in [3.63, 3.8) is 0 Å². The van der Waals surface area contributed by atoms with E-state index < -0.39 is 0 Å². The van der Waals surface area contributed by atoms with Crippen LogP contribution in [0.25, 0.3) is 0 Å². The lowest BCUT2D eigenvalue weighted by molar-refractivity contribution is 0.0275. The van der Waals surface area contributed by atoms with E-state index in [-0.39, 0.29) is 6.10 Å². The average Bonchev–Trinajstić information content (AvgIpc) is 2.36. The molecule has 1 aromatic rings. The van der Waals surface area contributed by atoms with Crippen LogP contribution >= 0.6 is 0 Å². The molecule has 0 bridgehead atoms. The van der Waals surface area contributed by atoms with E-state index >= 15 is 0 Å². The first-order valence-corrected chi connectivity index (χ1v) is 6.04. The molecular formula is C14H23NO2. The van der Waals surface area contributed by atoms with Crippen molar-refractivity contribution < 1.29 is 9.47 Å². The predicted molar refractivity (Wildman–Crippen MR) is 70.2 cm³/mol. The van der Waals surface area contributed by atoms with Gasteiger partial charge in [0.1, 0.15) is 6.10 Å². The zero-order valence-corrected chi connectivity index (χ0v) is 11.0. The molecule has 2 N–H and O–H groups in total. The highest BCUT2D eigenvalue weighted by atomic mass is 16.5.